The third-order valence-electron chi connectivity index (χ3n) is 4.52. The van der Waals surface area contributed by atoms with Crippen molar-refractivity contribution in [2.45, 2.75) is 104 Å². The molecule has 0 bridgehead atoms. The van der Waals surface area contributed by atoms with Gasteiger partial charge in [0, 0.05) is 6.54 Å². The van der Waals surface area contributed by atoms with E-state index in [-0.39, 0.29) is 12.4 Å². The van der Waals surface area contributed by atoms with E-state index in [9.17, 15) is 9.59 Å². The van der Waals surface area contributed by atoms with Crippen LogP contribution in [0, 0.1) is 0 Å². The molecule has 1 N–H and O–H groups in total. The van der Waals surface area contributed by atoms with Crippen LogP contribution in [0.5, 0.6) is 0 Å². The van der Waals surface area contributed by atoms with Crippen molar-refractivity contribution in [3.63, 3.8) is 0 Å². The van der Waals surface area contributed by atoms with Crippen molar-refractivity contribution in [2.75, 3.05) is 13.2 Å². The van der Waals surface area contributed by atoms with Crippen LogP contribution in [0.2, 0.25) is 0 Å². The van der Waals surface area contributed by atoms with E-state index in [1.54, 1.807) is 6.92 Å². The molecule has 1 amide bonds. The smallest absolute Gasteiger partial charge is 0.412 e. The van der Waals surface area contributed by atoms with Crippen molar-refractivity contribution in [1.82, 2.24) is 5.32 Å². The number of rotatable bonds is 18. The SMILES string of the molecule is C=C(OC(=O)NCCCCCCCCCCCCCCCC)C(=O)OCC. The lowest BCUT2D eigenvalue weighted by Crippen LogP contribution is -2.26. The molecule has 0 atom stereocenters. The van der Waals surface area contributed by atoms with Gasteiger partial charge in [0.15, 0.2) is 0 Å². The first kappa shape index (κ1) is 25.5. The number of ether oxygens (including phenoxy) is 2. The van der Waals surface area contributed by atoms with Gasteiger partial charge in [-0.3, -0.25) is 0 Å². The monoisotopic (exact) mass is 383 g/mol. The van der Waals surface area contributed by atoms with Crippen LogP contribution >= 0.6 is 0 Å². The van der Waals surface area contributed by atoms with Gasteiger partial charge in [0.05, 0.1) is 6.61 Å². The maximum atomic E-state index is 11.5. The highest BCUT2D eigenvalue weighted by Gasteiger charge is 2.13. The van der Waals surface area contributed by atoms with Crippen LogP contribution in [0.15, 0.2) is 12.3 Å². The van der Waals surface area contributed by atoms with Crippen molar-refractivity contribution in [2.24, 2.45) is 0 Å². The topological polar surface area (TPSA) is 64.6 Å². The lowest BCUT2D eigenvalue weighted by molar-refractivity contribution is -0.141. The van der Waals surface area contributed by atoms with Crippen LogP contribution in [0.1, 0.15) is 104 Å². The van der Waals surface area contributed by atoms with Gasteiger partial charge in [-0.25, -0.2) is 9.59 Å². The van der Waals surface area contributed by atoms with E-state index >= 15 is 0 Å². The summed E-state index contributed by atoms with van der Waals surface area (Å²) >= 11 is 0. The first-order valence-corrected chi connectivity index (χ1v) is 10.9. The van der Waals surface area contributed by atoms with Crippen molar-refractivity contribution < 1.29 is 19.1 Å². The molecule has 0 aromatic rings. The summed E-state index contributed by atoms with van der Waals surface area (Å²) in [5.41, 5.74) is 0. The fourth-order valence-electron chi connectivity index (χ4n) is 2.91. The molecule has 0 spiro atoms. The highest BCUT2D eigenvalue weighted by atomic mass is 16.6. The predicted octanol–water partition coefficient (Wildman–Crippen LogP) is 6.27. The quantitative estimate of drug-likeness (QED) is 0.131. The van der Waals surface area contributed by atoms with Gasteiger partial charge in [0.2, 0.25) is 5.76 Å². The van der Waals surface area contributed by atoms with E-state index in [1.165, 1.54) is 77.0 Å². The predicted molar refractivity (Wildman–Crippen MR) is 111 cm³/mol. The summed E-state index contributed by atoms with van der Waals surface area (Å²) in [5.74, 6) is -0.987. The molecule has 0 saturated heterocycles. The number of nitrogens with one attached hydrogen (secondary N) is 1. The molecule has 0 aromatic carbocycles. The molecule has 5 heteroatoms. The van der Waals surface area contributed by atoms with Crippen LogP contribution < -0.4 is 5.32 Å². The molecule has 0 aliphatic carbocycles. The van der Waals surface area contributed by atoms with E-state index < -0.39 is 12.1 Å². The Labute approximate surface area is 166 Å². The minimum atomic E-state index is -0.704. The molecule has 0 fully saturated rings. The molecule has 27 heavy (non-hydrogen) atoms. The van der Waals surface area contributed by atoms with Crippen molar-refractivity contribution >= 4 is 12.1 Å². The summed E-state index contributed by atoms with van der Waals surface area (Å²) in [6.07, 6.45) is 17.6. The zero-order valence-electron chi connectivity index (χ0n) is 17.7. The average molecular weight is 384 g/mol. The minimum Gasteiger partial charge on any atom is -0.460 e. The van der Waals surface area contributed by atoms with Crippen molar-refractivity contribution in [3.05, 3.63) is 12.3 Å². The zero-order chi connectivity index (χ0) is 20.2. The van der Waals surface area contributed by atoms with Crippen LogP contribution in [0.25, 0.3) is 0 Å². The molecule has 5 nitrogen and oxygen atoms in total. The van der Waals surface area contributed by atoms with Crippen LogP contribution in [0.3, 0.4) is 0 Å². The molecule has 0 aromatic heterocycles. The fourth-order valence-corrected chi connectivity index (χ4v) is 2.91. The van der Waals surface area contributed by atoms with Gasteiger partial charge >= 0.3 is 12.1 Å². The molecule has 0 radical (unpaired) electrons. The van der Waals surface area contributed by atoms with Gasteiger partial charge in [-0.05, 0) is 19.9 Å². The molecule has 0 aliphatic rings. The zero-order valence-corrected chi connectivity index (χ0v) is 17.7. The summed E-state index contributed by atoms with van der Waals surface area (Å²) in [6, 6.07) is 0. The second-order valence-corrected chi connectivity index (χ2v) is 7.06. The van der Waals surface area contributed by atoms with E-state index in [0.717, 1.165) is 12.8 Å². The standard InChI is InChI=1S/C22H41NO4/c1-4-6-7-8-9-10-11-12-13-14-15-16-17-18-19-23-22(25)27-20(3)21(24)26-5-2/h3-19H2,1-2H3,(H,23,25). The maximum absolute atomic E-state index is 11.5. The van der Waals surface area contributed by atoms with Crippen LogP contribution in [-0.2, 0) is 14.3 Å². The van der Waals surface area contributed by atoms with E-state index in [1.807, 2.05) is 0 Å². The first-order chi connectivity index (χ1) is 13.1. The van der Waals surface area contributed by atoms with E-state index in [0.29, 0.717) is 6.54 Å². The molecular formula is C22H41NO4. The van der Waals surface area contributed by atoms with Gasteiger partial charge in [0.25, 0.3) is 0 Å². The number of alkyl carbamates (subject to hydrolysis) is 1. The first-order valence-electron chi connectivity index (χ1n) is 10.9. The van der Waals surface area contributed by atoms with Gasteiger partial charge < -0.3 is 14.8 Å². The van der Waals surface area contributed by atoms with Crippen molar-refractivity contribution in [3.8, 4) is 0 Å². The maximum Gasteiger partial charge on any atom is 0.412 e. The third kappa shape index (κ3) is 17.6. The summed E-state index contributed by atoms with van der Waals surface area (Å²) in [6.45, 7) is 8.09. The lowest BCUT2D eigenvalue weighted by atomic mass is 10.0. The summed E-state index contributed by atoms with van der Waals surface area (Å²) in [5, 5.41) is 2.62. The highest BCUT2D eigenvalue weighted by molar-refractivity contribution is 5.88. The number of carbonyl (C=O) groups excluding carboxylic acids is 2. The fraction of sp³-hybridized carbons (Fsp3) is 0.818. The highest BCUT2D eigenvalue weighted by Crippen LogP contribution is 2.12. The normalized spacial score (nSPS) is 10.4. The average Bonchev–Trinajstić information content (AvgIpc) is 2.65. The molecule has 158 valence electrons. The number of unbranched alkanes of at least 4 members (excludes halogenated alkanes) is 13. The molecule has 0 heterocycles. The van der Waals surface area contributed by atoms with Crippen molar-refractivity contribution in [1.29, 1.82) is 0 Å². The van der Waals surface area contributed by atoms with Gasteiger partial charge in [-0.15, -0.1) is 0 Å². The Morgan fingerprint density at radius 2 is 1.19 bits per heavy atom. The third-order valence-corrected chi connectivity index (χ3v) is 4.52. The second-order valence-electron chi connectivity index (χ2n) is 7.06. The number of amides is 1. The Kier molecular flexibility index (Phi) is 18.2. The Hall–Kier alpha value is -1.52. The second kappa shape index (κ2) is 19.2. The Balaban J connectivity index is 3.30. The lowest BCUT2D eigenvalue weighted by Gasteiger charge is -2.08. The van der Waals surface area contributed by atoms with Gasteiger partial charge in [0.1, 0.15) is 0 Å². The largest absolute Gasteiger partial charge is 0.460 e. The van der Waals surface area contributed by atoms with Gasteiger partial charge in [-0.1, -0.05) is 90.4 Å². The molecular weight excluding hydrogens is 342 g/mol. The number of carbonyl (C=O) groups is 2. The molecule has 0 saturated carbocycles. The summed E-state index contributed by atoms with van der Waals surface area (Å²) < 4.78 is 9.46. The summed E-state index contributed by atoms with van der Waals surface area (Å²) in [4.78, 5) is 22.8. The number of hydrogen-bond acceptors (Lipinski definition) is 4. The number of esters is 1. The van der Waals surface area contributed by atoms with Crippen LogP contribution in [-0.4, -0.2) is 25.2 Å². The summed E-state index contributed by atoms with van der Waals surface area (Å²) in [7, 11) is 0. The minimum absolute atomic E-state index is 0.224. The Bertz CT molecular complexity index is 396. The molecule has 0 rings (SSSR count). The Morgan fingerprint density at radius 1 is 0.741 bits per heavy atom. The molecule has 0 aliphatic heterocycles. The van der Waals surface area contributed by atoms with E-state index in [2.05, 4.69) is 18.8 Å². The molecule has 0 unspecified atom stereocenters. The van der Waals surface area contributed by atoms with E-state index in [4.69, 9.17) is 9.47 Å². The number of hydrogen-bond donors (Lipinski definition) is 1. The Morgan fingerprint density at radius 3 is 1.63 bits per heavy atom. The van der Waals surface area contributed by atoms with Crippen LogP contribution in [0.4, 0.5) is 4.79 Å². The van der Waals surface area contributed by atoms with Gasteiger partial charge in [-0.2, -0.15) is 0 Å².